The summed E-state index contributed by atoms with van der Waals surface area (Å²) in [5, 5.41) is 1.57. The summed E-state index contributed by atoms with van der Waals surface area (Å²) in [5.41, 5.74) is 0.182. The van der Waals surface area contributed by atoms with Gasteiger partial charge in [0.2, 0.25) is 20.9 Å². The number of sulfone groups is 1. The molecule has 0 saturated heterocycles. The summed E-state index contributed by atoms with van der Waals surface area (Å²) >= 11 is 0. The van der Waals surface area contributed by atoms with Gasteiger partial charge in [-0.1, -0.05) is 19.1 Å². The van der Waals surface area contributed by atoms with Gasteiger partial charge in [-0.3, -0.25) is 4.79 Å². The maximum atomic E-state index is 13.4. The number of aryl methyl sites for hydroxylation is 1. The van der Waals surface area contributed by atoms with Crippen molar-refractivity contribution in [1.29, 1.82) is 0 Å². The third-order valence-corrected chi connectivity index (χ3v) is 6.38. The molecule has 2 aromatic carbocycles. The lowest BCUT2D eigenvalue weighted by Crippen LogP contribution is -2.20. The van der Waals surface area contributed by atoms with Crippen LogP contribution in [0.2, 0.25) is 0 Å². The number of halogens is 3. The molecule has 7 nitrogen and oxygen atoms in total. The second kappa shape index (κ2) is 10.2. The zero-order valence-corrected chi connectivity index (χ0v) is 19.2. The number of hydrogen-bond donors (Lipinski definition) is 1. The zero-order valence-electron chi connectivity index (χ0n) is 18.4. The van der Waals surface area contributed by atoms with E-state index >= 15 is 0 Å². The maximum Gasteiger partial charge on any atom is 0.433 e. The van der Waals surface area contributed by atoms with E-state index in [1.54, 1.807) is 12.1 Å². The van der Waals surface area contributed by atoms with E-state index < -0.39 is 44.9 Å². The molecule has 1 heterocycles. The van der Waals surface area contributed by atoms with Gasteiger partial charge < -0.3 is 10.1 Å². The molecule has 0 aliphatic rings. The fraction of sp³-hybridized carbons (Fsp3) is 0.261. The minimum Gasteiger partial charge on any atom is -0.497 e. The number of anilines is 1. The smallest absolute Gasteiger partial charge is 0.433 e. The molecular weight excluding hydrogens is 471 g/mol. The highest BCUT2D eigenvalue weighted by atomic mass is 32.2. The van der Waals surface area contributed by atoms with Crippen LogP contribution in [0.5, 0.6) is 5.75 Å². The number of rotatable bonds is 8. The summed E-state index contributed by atoms with van der Waals surface area (Å²) in [4.78, 5) is 19.3. The number of carbonyl (C=O) groups excluding carboxylic acids is 1. The molecule has 1 N–H and O–H groups in total. The zero-order chi connectivity index (χ0) is 24.9. The molecule has 0 aliphatic carbocycles. The summed E-state index contributed by atoms with van der Waals surface area (Å²) in [7, 11) is -2.96. The van der Waals surface area contributed by atoms with Crippen molar-refractivity contribution in [1.82, 2.24) is 9.97 Å². The SMILES string of the molecule is CCc1ccc(NC(=O)CCS(=O)(=O)c2nc(-c3ccc(OC)cc3)cc(C(F)(F)F)n2)cc1. The summed E-state index contributed by atoms with van der Waals surface area (Å²) < 4.78 is 70.7. The minimum absolute atomic E-state index is 0.219. The Balaban J connectivity index is 1.83. The number of amides is 1. The fourth-order valence-corrected chi connectivity index (χ4v) is 4.10. The van der Waals surface area contributed by atoms with Gasteiger partial charge in [-0.15, -0.1) is 0 Å². The van der Waals surface area contributed by atoms with E-state index in [0.717, 1.165) is 12.0 Å². The molecule has 11 heteroatoms. The van der Waals surface area contributed by atoms with Gasteiger partial charge in [0.1, 0.15) is 11.4 Å². The summed E-state index contributed by atoms with van der Waals surface area (Å²) in [5.74, 6) is -0.887. The van der Waals surface area contributed by atoms with Crippen molar-refractivity contribution in [2.24, 2.45) is 0 Å². The number of aromatic nitrogens is 2. The Morgan fingerprint density at radius 1 is 1.03 bits per heavy atom. The van der Waals surface area contributed by atoms with E-state index in [4.69, 9.17) is 4.74 Å². The molecule has 1 amide bonds. The fourth-order valence-electron chi connectivity index (χ4n) is 2.98. The van der Waals surface area contributed by atoms with Gasteiger partial charge in [0, 0.05) is 17.7 Å². The average Bonchev–Trinajstić information content (AvgIpc) is 2.82. The molecule has 34 heavy (non-hydrogen) atoms. The van der Waals surface area contributed by atoms with E-state index in [1.165, 1.54) is 31.4 Å². The molecule has 0 unspecified atom stereocenters. The Bertz CT molecular complexity index is 1260. The van der Waals surface area contributed by atoms with Crippen LogP contribution in [0.3, 0.4) is 0 Å². The Morgan fingerprint density at radius 3 is 2.24 bits per heavy atom. The van der Waals surface area contributed by atoms with Crippen molar-refractivity contribution in [3.8, 4) is 17.0 Å². The number of benzene rings is 2. The predicted octanol–water partition coefficient (Wildman–Crippen LogP) is 4.54. The number of alkyl halides is 3. The van der Waals surface area contributed by atoms with E-state index in [0.29, 0.717) is 17.5 Å². The first-order valence-corrected chi connectivity index (χ1v) is 11.9. The number of ether oxygens (including phenoxy) is 1. The van der Waals surface area contributed by atoms with Crippen molar-refractivity contribution in [3.63, 3.8) is 0 Å². The van der Waals surface area contributed by atoms with Crippen molar-refractivity contribution in [3.05, 3.63) is 65.9 Å². The van der Waals surface area contributed by atoms with Crippen LogP contribution in [0.4, 0.5) is 18.9 Å². The summed E-state index contributed by atoms with van der Waals surface area (Å²) in [6.07, 6.45) is -4.55. The summed E-state index contributed by atoms with van der Waals surface area (Å²) in [6.45, 7) is 1.98. The molecule has 0 radical (unpaired) electrons. The highest BCUT2D eigenvalue weighted by Gasteiger charge is 2.35. The Hall–Kier alpha value is -3.47. The molecule has 3 rings (SSSR count). The first kappa shape index (κ1) is 25.2. The average molecular weight is 494 g/mol. The number of nitrogens with one attached hydrogen (secondary N) is 1. The van der Waals surface area contributed by atoms with Crippen LogP contribution < -0.4 is 10.1 Å². The second-order valence-electron chi connectivity index (χ2n) is 7.31. The quantitative estimate of drug-likeness (QED) is 0.463. The van der Waals surface area contributed by atoms with Gasteiger partial charge in [0.15, 0.2) is 0 Å². The van der Waals surface area contributed by atoms with Crippen LogP contribution in [-0.4, -0.2) is 37.2 Å². The van der Waals surface area contributed by atoms with Gasteiger partial charge in [0.25, 0.3) is 0 Å². The highest BCUT2D eigenvalue weighted by molar-refractivity contribution is 7.91. The number of methoxy groups -OCH3 is 1. The predicted molar refractivity (Wildman–Crippen MR) is 120 cm³/mol. The van der Waals surface area contributed by atoms with Gasteiger partial charge in [0.05, 0.1) is 18.6 Å². The highest BCUT2D eigenvalue weighted by Crippen LogP contribution is 2.31. The third kappa shape index (κ3) is 6.31. The van der Waals surface area contributed by atoms with Gasteiger partial charge in [-0.2, -0.15) is 13.2 Å². The lowest BCUT2D eigenvalue weighted by atomic mass is 10.1. The topological polar surface area (TPSA) is 98.2 Å². The molecule has 1 aromatic heterocycles. The number of nitrogens with zero attached hydrogens (tertiary/aromatic N) is 2. The lowest BCUT2D eigenvalue weighted by Gasteiger charge is -2.11. The largest absolute Gasteiger partial charge is 0.497 e. The normalized spacial score (nSPS) is 11.8. The van der Waals surface area contributed by atoms with E-state index in [-0.39, 0.29) is 11.3 Å². The van der Waals surface area contributed by atoms with Crippen molar-refractivity contribution in [2.45, 2.75) is 31.1 Å². The first-order valence-electron chi connectivity index (χ1n) is 10.2. The molecule has 0 atom stereocenters. The van der Waals surface area contributed by atoms with Crippen LogP contribution in [0.1, 0.15) is 24.6 Å². The Kier molecular flexibility index (Phi) is 7.55. The number of hydrogen-bond acceptors (Lipinski definition) is 6. The first-order chi connectivity index (χ1) is 16.0. The van der Waals surface area contributed by atoms with Crippen LogP contribution in [0.15, 0.2) is 59.8 Å². The molecule has 0 fully saturated rings. The minimum atomic E-state index is -4.89. The van der Waals surface area contributed by atoms with E-state index in [1.807, 2.05) is 19.1 Å². The maximum absolute atomic E-state index is 13.4. The molecule has 180 valence electrons. The Morgan fingerprint density at radius 2 is 1.68 bits per heavy atom. The van der Waals surface area contributed by atoms with Crippen LogP contribution >= 0.6 is 0 Å². The van der Waals surface area contributed by atoms with Crippen molar-refractivity contribution >= 4 is 21.4 Å². The monoisotopic (exact) mass is 493 g/mol. The molecular formula is C23H22F3N3O4S. The van der Waals surface area contributed by atoms with Crippen molar-refractivity contribution in [2.75, 3.05) is 18.2 Å². The molecule has 0 spiro atoms. The van der Waals surface area contributed by atoms with Crippen LogP contribution in [-0.2, 0) is 27.2 Å². The van der Waals surface area contributed by atoms with Crippen molar-refractivity contribution < 1.29 is 31.1 Å². The number of carbonyl (C=O) groups is 1. The van der Waals surface area contributed by atoms with Gasteiger partial charge >= 0.3 is 6.18 Å². The molecule has 0 saturated carbocycles. The standard InChI is InChI=1S/C23H22F3N3O4S/c1-3-15-4-8-17(9-5-15)27-21(30)12-13-34(31,32)22-28-19(14-20(29-22)23(24,25)26)16-6-10-18(33-2)11-7-16/h4-11,14H,3,12-13H2,1-2H3,(H,27,30). The van der Waals surface area contributed by atoms with E-state index in [9.17, 15) is 26.4 Å². The Labute approximate surface area is 194 Å². The van der Waals surface area contributed by atoms with Gasteiger partial charge in [-0.05, 0) is 54.4 Å². The van der Waals surface area contributed by atoms with Crippen LogP contribution in [0.25, 0.3) is 11.3 Å². The van der Waals surface area contributed by atoms with Crippen LogP contribution in [0, 0.1) is 0 Å². The molecule has 3 aromatic rings. The molecule has 0 aliphatic heterocycles. The third-order valence-electron chi connectivity index (χ3n) is 4.90. The van der Waals surface area contributed by atoms with Gasteiger partial charge in [-0.25, -0.2) is 18.4 Å². The molecule has 0 bridgehead atoms. The second-order valence-corrected chi connectivity index (χ2v) is 9.32. The van der Waals surface area contributed by atoms with E-state index in [2.05, 4.69) is 15.3 Å². The lowest BCUT2D eigenvalue weighted by molar-refractivity contribution is -0.141. The summed E-state index contributed by atoms with van der Waals surface area (Å²) in [6, 6.07) is 13.6.